The van der Waals surface area contributed by atoms with Gasteiger partial charge in [0.2, 0.25) is 0 Å². The van der Waals surface area contributed by atoms with Gasteiger partial charge in [-0.1, -0.05) is 35.9 Å². The predicted molar refractivity (Wildman–Crippen MR) is 88.9 cm³/mol. The Bertz CT molecular complexity index is 655. The van der Waals surface area contributed by atoms with Crippen LogP contribution in [-0.4, -0.2) is 32.2 Å². The Morgan fingerprint density at radius 3 is 2.50 bits per heavy atom. The molecule has 5 heteroatoms. The molecule has 0 aromatic heterocycles. The van der Waals surface area contributed by atoms with Gasteiger partial charge in [-0.15, -0.1) is 0 Å². The van der Waals surface area contributed by atoms with E-state index < -0.39 is 0 Å². The molecule has 1 N–H and O–H groups in total. The molecular formula is C17H17ClN2O2. The van der Waals surface area contributed by atoms with Gasteiger partial charge in [-0.05, 0) is 24.3 Å². The number of morpholine rings is 1. The van der Waals surface area contributed by atoms with Crippen LogP contribution in [0.5, 0.6) is 0 Å². The van der Waals surface area contributed by atoms with Gasteiger partial charge in [0.05, 0.1) is 29.6 Å². The number of para-hydroxylation sites is 1. The highest BCUT2D eigenvalue weighted by Gasteiger charge is 2.19. The summed E-state index contributed by atoms with van der Waals surface area (Å²) in [4.78, 5) is 14.5. The summed E-state index contributed by atoms with van der Waals surface area (Å²) in [6, 6.07) is 14.7. The lowest BCUT2D eigenvalue weighted by atomic mass is 10.2. The quantitative estimate of drug-likeness (QED) is 0.943. The highest BCUT2D eigenvalue weighted by atomic mass is 35.5. The average molecular weight is 317 g/mol. The van der Waals surface area contributed by atoms with E-state index in [1.54, 1.807) is 12.1 Å². The van der Waals surface area contributed by atoms with Crippen LogP contribution in [-0.2, 0) is 4.74 Å². The molecule has 1 saturated heterocycles. The molecule has 1 fully saturated rings. The predicted octanol–water partition coefficient (Wildman–Crippen LogP) is 3.43. The molecule has 114 valence electrons. The van der Waals surface area contributed by atoms with E-state index >= 15 is 0 Å². The minimum absolute atomic E-state index is 0.141. The average Bonchev–Trinajstić information content (AvgIpc) is 2.56. The summed E-state index contributed by atoms with van der Waals surface area (Å²) >= 11 is 6.36. The summed E-state index contributed by atoms with van der Waals surface area (Å²) in [6.07, 6.45) is 0. The number of benzene rings is 2. The maximum Gasteiger partial charge on any atom is 0.255 e. The van der Waals surface area contributed by atoms with Crippen LogP contribution in [0, 0.1) is 0 Å². The molecule has 0 saturated carbocycles. The van der Waals surface area contributed by atoms with Crippen LogP contribution in [0.2, 0.25) is 5.02 Å². The molecule has 0 spiro atoms. The number of amides is 1. The third-order valence-corrected chi connectivity index (χ3v) is 3.90. The Labute approximate surface area is 134 Å². The van der Waals surface area contributed by atoms with Crippen LogP contribution < -0.4 is 10.2 Å². The fourth-order valence-electron chi connectivity index (χ4n) is 2.51. The number of anilines is 2. The molecule has 0 unspecified atom stereocenters. The Hall–Kier alpha value is -2.04. The number of carbonyl (C=O) groups excluding carboxylic acids is 1. The summed E-state index contributed by atoms with van der Waals surface area (Å²) in [6.45, 7) is 2.85. The van der Waals surface area contributed by atoms with E-state index in [1.807, 2.05) is 36.4 Å². The molecule has 4 nitrogen and oxygen atoms in total. The fourth-order valence-corrected chi connectivity index (χ4v) is 2.80. The lowest BCUT2D eigenvalue weighted by molar-refractivity contribution is 0.102. The molecule has 0 atom stereocenters. The van der Waals surface area contributed by atoms with Crippen molar-refractivity contribution in [2.24, 2.45) is 0 Å². The van der Waals surface area contributed by atoms with Gasteiger partial charge in [-0.2, -0.15) is 0 Å². The van der Waals surface area contributed by atoms with Gasteiger partial charge in [0.25, 0.3) is 5.91 Å². The summed E-state index contributed by atoms with van der Waals surface area (Å²) in [5.41, 5.74) is 2.20. The number of ether oxygens (including phenoxy) is 1. The minimum Gasteiger partial charge on any atom is -0.378 e. The highest BCUT2D eigenvalue weighted by molar-refractivity contribution is 6.34. The third-order valence-electron chi connectivity index (χ3n) is 3.60. The number of rotatable bonds is 3. The summed E-state index contributed by atoms with van der Waals surface area (Å²) in [5, 5.41) is 3.59. The van der Waals surface area contributed by atoms with Crippen LogP contribution in [0.3, 0.4) is 0 Å². The van der Waals surface area contributed by atoms with Crippen molar-refractivity contribution in [3.8, 4) is 0 Å². The molecular weight excluding hydrogens is 300 g/mol. The number of carbonyl (C=O) groups is 1. The molecule has 0 aliphatic carbocycles. The monoisotopic (exact) mass is 316 g/mol. The maximum absolute atomic E-state index is 12.4. The number of hydrogen-bond acceptors (Lipinski definition) is 3. The van der Waals surface area contributed by atoms with E-state index in [0.717, 1.165) is 24.5 Å². The van der Waals surface area contributed by atoms with Crippen LogP contribution in [0.15, 0.2) is 48.5 Å². The van der Waals surface area contributed by atoms with Crippen molar-refractivity contribution in [3.63, 3.8) is 0 Å². The van der Waals surface area contributed by atoms with Gasteiger partial charge < -0.3 is 15.0 Å². The van der Waals surface area contributed by atoms with Crippen molar-refractivity contribution in [1.29, 1.82) is 0 Å². The highest BCUT2D eigenvalue weighted by Crippen LogP contribution is 2.34. The maximum atomic E-state index is 12.4. The van der Waals surface area contributed by atoms with Gasteiger partial charge in [-0.3, -0.25) is 4.79 Å². The second-order valence-corrected chi connectivity index (χ2v) is 5.46. The van der Waals surface area contributed by atoms with Gasteiger partial charge >= 0.3 is 0 Å². The van der Waals surface area contributed by atoms with Crippen molar-refractivity contribution < 1.29 is 9.53 Å². The minimum atomic E-state index is -0.141. The first kappa shape index (κ1) is 14.9. The standard InChI is InChI=1S/C17H17ClN2O2/c18-14-7-4-8-15(16(14)20-9-11-22-12-10-20)19-17(21)13-5-2-1-3-6-13/h1-8H,9-12H2,(H,19,21). The molecule has 1 heterocycles. The second kappa shape index (κ2) is 6.81. The first-order valence-corrected chi connectivity index (χ1v) is 7.61. The lowest BCUT2D eigenvalue weighted by Gasteiger charge is -2.31. The molecule has 2 aromatic carbocycles. The lowest BCUT2D eigenvalue weighted by Crippen LogP contribution is -2.37. The van der Waals surface area contributed by atoms with Crippen molar-refractivity contribution in [2.75, 3.05) is 36.5 Å². The Morgan fingerprint density at radius 1 is 1.05 bits per heavy atom. The molecule has 2 aromatic rings. The van der Waals surface area contributed by atoms with Gasteiger partial charge in [0, 0.05) is 18.7 Å². The Balaban J connectivity index is 1.87. The summed E-state index contributed by atoms with van der Waals surface area (Å²) in [5.74, 6) is -0.141. The molecule has 1 aliphatic heterocycles. The van der Waals surface area contributed by atoms with E-state index in [1.165, 1.54) is 0 Å². The zero-order valence-electron chi connectivity index (χ0n) is 12.1. The fraction of sp³-hybridized carbons (Fsp3) is 0.235. The topological polar surface area (TPSA) is 41.6 Å². The molecule has 1 aliphatic rings. The van der Waals surface area contributed by atoms with Crippen molar-refractivity contribution >= 4 is 28.9 Å². The number of nitrogens with one attached hydrogen (secondary N) is 1. The van der Waals surface area contributed by atoms with Crippen molar-refractivity contribution in [2.45, 2.75) is 0 Å². The van der Waals surface area contributed by atoms with E-state index in [2.05, 4.69) is 10.2 Å². The summed E-state index contributed by atoms with van der Waals surface area (Å²) in [7, 11) is 0. The zero-order chi connectivity index (χ0) is 15.4. The molecule has 1 amide bonds. The van der Waals surface area contributed by atoms with E-state index in [-0.39, 0.29) is 5.91 Å². The number of nitrogens with zero attached hydrogens (tertiary/aromatic N) is 1. The van der Waals surface area contributed by atoms with Crippen LogP contribution in [0.25, 0.3) is 0 Å². The first-order valence-electron chi connectivity index (χ1n) is 7.23. The normalized spacial score (nSPS) is 14.7. The second-order valence-electron chi connectivity index (χ2n) is 5.06. The van der Waals surface area contributed by atoms with Crippen LogP contribution in [0.1, 0.15) is 10.4 Å². The largest absolute Gasteiger partial charge is 0.378 e. The molecule has 0 bridgehead atoms. The molecule has 22 heavy (non-hydrogen) atoms. The van der Waals surface area contributed by atoms with Crippen molar-refractivity contribution in [1.82, 2.24) is 0 Å². The third kappa shape index (κ3) is 3.24. The Morgan fingerprint density at radius 2 is 1.77 bits per heavy atom. The van der Waals surface area contributed by atoms with E-state index in [4.69, 9.17) is 16.3 Å². The van der Waals surface area contributed by atoms with Gasteiger partial charge in [0.15, 0.2) is 0 Å². The molecule has 3 rings (SSSR count). The van der Waals surface area contributed by atoms with E-state index in [9.17, 15) is 4.79 Å². The SMILES string of the molecule is O=C(Nc1cccc(Cl)c1N1CCOCC1)c1ccccc1. The van der Waals surface area contributed by atoms with Crippen LogP contribution in [0.4, 0.5) is 11.4 Å². The summed E-state index contributed by atoms with van der Waals surface area (Å²) < 4.78 is 5.38. The molecule has 0 radical (unpaired) electrons. The first-order chi connectivity index (χ1) is 10.8. The van der Waals surface area contributed by atoms with Gasteiger partial charge in [-0.25, -0.2) is 0 Å². The zero-order valence-corrected chi connectivity index (χ0v) is 12.8. The van der Waals surface area contributed by atoms with E-state index in [0.29, 0.717) is 23.8 Å². The van der Waals surface area contributed by atoms with Crippen molar-refractivity contribution in [3.05, 3.63) is 59.1 Å². The Kier molecular flexibility index (Phi) is 4.61. The van der Waals surface area contributed by atoms with Gasteiger partial charge in [0.1, 0.15) is 0 Å². The number of halogens is 1. The smallest absolute Gasteiger partial charge is 0.255 e. The van der Waals surface area contributed by atoms with Crippen LogP contribution >= 0.6 is 11.6 Å². The number of hydrogen-bond donors (Lipinski definition) is 1.